The quantitative estimate of drug-likeness (QED) is 0.719. The smallest absolute Gasteiger partial charge is 0.332 e. The molecule has 8 nitrogen and oxygen atoms in total. The fraction of sp³-hybridized carbons (Fsp3) is 0.421. The van der Waals surface area contributed by atoms with Gasteiger partial charge in [0.1, 0.15) is 0 Å². The van der Waals surface area contributed by atoms with E-state index >= 15 is 0 Å². The van der Waals surface area contributed by atoms with Crippen molar-refractivity contribution < 1.29 is 0 Å². The Balaban J connectivity index is 2.00. The van der Waals surface area contributed by atoms with Gasteiger partial charge in [0.2, 0.25) is 5.95 Å². The van der Waals surface area contributed by atoms with E-state index in [9.17, 15) is 9.59 Å². The van der Waals surface area contributed by atoms with Gasteiger partial charge in [-0.05, 0) is 24.5 Å². The molecule has 1 aromatic carbocycles. The molecule has 1 aliphatic heterocycles. The third kappa shape index (κ3) is 2.76. The van der Waals surface area contributed by atoms with E-state index in [1.54, 1.807) is 7.05 Å². The lowest BCUT2D eigenvalue weighted by molar-refractivity contribution is 0.701. The number of nitrogens with two attached hydrogens (primary N) is 1. The van der Waals surface area contributed by atoms with Gasteiger partial charge in [-0.1, -0.05) is 24.3 Å². The first-order valence-corrected chi connectivity index (χ1v) is 9.09. The molecule has 0 bridgehead atoms. The molecule has 2 N–H and O–H groups in total. The highest BCUT2D eigenvalue weighted by atomic mass is 16.2. The van der Waals surface area contributed by atoms with Gasteiger partial charge in [-0.3, -0.25) is 18.5 Å². The van der Waals surface area contributed by atoms with Crippen LogP contribution in [0, 0.1) is 6.92 Å². The molecule has 0 radical (unpaired) electrons. The van der Waals surface area contributed by atoms with Gasteiger partial charge in [0.15, 0.2) is 11.2 Å². The number of rotatable bonds is 3. The van der Waals surface area contributed by atoms with Gasteiger partial charge in [0.25, 0.3) is 5.56 Å². The molecule has 8 heteroatoms. The molecule has 4 rings (SSSR count). The number of hydrogen-bond acceptors (Lipinski definition) is 5. The Labute approximate surface area is 156 Å². The van der Waals surface area contributed by atoms with Crippen LogP contribution < -0.4 is 21.9 Å². The van der Waals surface area contributed by atoms with Crippen LogP contribution in [0.1, 0.15) is 17.5 Å². The normalized spacial score (nSPS) is 17.2. The Kier molecular flexibility index (Phi) is 4.15. The Morgan fingerprint density at radius 1 is 1.19 bits per heavy atom. The third-order valence-electron chi connectivity index (χ3n) is 5.43. The van der Waals surface area contributed by atoms with Crippen LogP contribution in [0.4, 0.5) is 5.95 Å². The molecule has 1 aliphatic rings. The van der Waals surface area contributed by atoms with Crippen molar-refractivity contribution in [2.24, 2.45) is 19.8 Å². The first-order valence-electron chi connectivity index (χ1n) is 9.09. The lowest BCUT2D eigenvalue weighted by atomic mass is 10.1. The molecule has 0 spiro atoms. The fourth-order valence-electron chi connectivity index (χ4n) is 3.75. The zero-order chi connectivity index (χ0) is 19.3. The van der Waals surface area contributed by atoms with E-state index < -0.39 is 0 Å². The predicted molar refractivity (Wildman–Crippen MR) is 105 cm³/mol. The molecule has 0 amide bonds. The summed E-state index contributed by atoms with van der Waals surface area (Å²) in [5.74, 6) is 0.694. The number of benzene rings is 1. The SMILES string of the molecule is Cc1ccccc1Cn1c(N2CCC(N)C2)nc2c1c(=O)n(C)c(=O)n2C. The first-order chi connectivity index (χ1) is 12.9. The standard InChI is InChI=1S/C19H24N6O2/c1-12-6-4-5-7-13(12)10-25-15-16(22(2)19(27)23(3)17(15)26)21-18(25)24-9-8-14(20)11-24/h4-7,14H,8-11,20H2,1-3H3. The highest BCUT2D eigenvalue weighted by Gasteiger charge is 2.27. The van der Waals surface area contributed by atoms with Crippen LogP contribution in [0.2, 0.25) is 0 Å². The van der Waals surface area contributed by atoms with Gasteiger partial charge in [0.05, 0.1) is 6.54 Å². The number of nitrogens with zero attached hydrogens (tertiary/aromatic N) is 5. The van der Waals surface area contributed by atoms with Gasteiger partial charge >= 0.3 is 5.69 Å². The first kappa shape index (κ1) is 17.5. The zero-order valence-corrected chi connectivity index (χ0v) is 15.8. The molecule has 1 fully saturated rings. The molecule has 1 atom stereocenters. The number of hydrogen-bond donors (Lipinski definition) is 1. The van der Waals surface area contributed by atoms with Crippen LogP contribution in [0.3, 0.4) is 0 Å². The van der Waals surface area contributed by atoms with Gasteiger partial charge in [-0.15, -0.1) is 0 Å². The van der Waals surface area contributed by atoms with Crippen molar-refractivity contribution in [2.75, 3.05) is 18.0 Å². The van der Waals surface area contributed by atoms with Crippen LogP contribution in [-0.2, 0) is 20.6 Å². The van der Waals surface area contributed by atoms with E-state index in [2.05, 4.69) is 4.90 Å². The van der Waals surface area contributed by atoms with E-state index in [1.165, 1.54) is 11.6 Å². The minimum absolute atomic E-state index is 0.0865. The minimum atomic E-state index is -0.377. The average molecular weight is 368 g/mol. The summed E-state index contributed by atoms with van der Waals surface area (Å²) in [6.07, 6.45) is 0.879. The maximum absolute atomic E-state index is 12.9. The van der Waals surface area contributed by atoms with E-state index in [-0.39, 0.29) is 17.3 Å². The third-order valence-corrected chi connectivity index (χ3v) is 5.43. The van der Waals surface area contributed by atoms with Crippen molar-refractivity contribution in [2.45, 2.75) is 25.9 Å². The maximum atomic E-state index is 12.9. The van der Waals surface area contributed by atoms with E-state index in [1.807, 2.05) is 35.8 Å². The highest BCUT2D eigenvalue weighted by molar-refractivity contribution is 5.75. The van der Waals surface area contributed by atoms with Crippen molar-refractivity contribution in [3.05, 3.63) is 56.2 Å². The molecule has 0 aliphatic carbocycles. The molecule has 2 aromatic heterocycles. The fourth-order valence-corrected chi connectivity index (χ4v) is 3.75. The summed E-state index contributed by atoms with van der Waals surface area (Å²) in [6, 6.07) is 8.17. The Morgan fingerprint density at radius 2 is 1.93 bits per heavy atom. The topological polar surface area (TPSA) is 91.1 Å². The van der Waals surface area contributed by atoms with Crippen molar-refractivity contribution in [1.82, 2.24) is 18.7 Å². The maximum Gasteiger partial charge on any atom is 0.332 e. The summed E-state index contributed by atoms with van der Waals surface area (Å²) in [7, 11) is 3.15. The minimum Gasteiger partial charge on any atom is -0.341 e. The summed E-state index contributed by atoms with van der Waals surface area (Å²) >= 11 is 0. The zero-order valence-electron chi connectivity index (χ0n) is 15.8. The van der Waals surface area contributed by atoms with Crippen molar-refractivity contribution >= 4 is 17.1 Å². The van der Waals surface area contributed by atoms with E-state index in [4.69, 9.17) is 10.7 Å². The summed E-state index contributed by atoms with van der Waals surface area (Å²) < 4.78 is 4.50. The number of aryl methyl sites for hydroxylation is 2. The summed E-state index contributed by atoms with van der Waals surface area (Å²) in [5, 5.41) is 0. The lowest BCUT2D eigenvalue weighted by Gasteiger charge is -2.19. The highest BCUT2D eigenvalue weighted by Crippen LogP contribution is 2.25. The Bertz CT molecular complexity index is 1140. The van der Waals surface area contributed by atoms with Crippen molar-refractivity contribution in [1.29, 1.82) is 0 Å². The molecule has 3 aromatic rings. The van der Waals surface area contributed by atoms with Gasteiger partial charge in [-0.25, -0.2) is 4.79 Å². The monoisotopic (exact) mass is 368 g/mol. The van der Waals surface area contributed by atoms with Crippen molar-refractivity contribution in [3.63, 3.8) is 0 Å². The lowest BCUT2D eigenvalue weighted by Crippen LogP contribution is -2.37. The number of aromatic nitrogens is 4. The Morgan fingerprint density at radius 3 is 2.59 bits per heavy atom. The van der Waals surface area contributed by atoms with Crippen molar-refractivity contribution in [3.8, 4) is 0 Å². The van der Waals surface area contributed by atoms with Crippen LogP contribution in [0.15, 0.2) is 33.9 Å². The van der Waals surface area contributed by atoms with Crippen LogP contribution in [-0.4, -0.2) is 37.8 Å². The summed E-state index contributed by atoms with van der Waals surface area (Å²) in [4.78, 5) is 32.1. The van der Waals surface area contributed by atoms with E-state index in [0.717, 1.165) is 28.7 Å². The van der Waals surface area contributed by atoms with Crippen LogP contribution in [0.5, 0.6) is 0 Å². The second kappa shape index (κ2) is 6.38. The predicted octanol–water partition coefficient (Wildman–Crippen LogP) is 0.328. The number of imidazole rings is 1. The second-order valence-corrected chi connectivity index (χ2v) is 7.30. The molecule has 27 heavy (non-hydrogen) atoms. The molecule has 142 valence electrons. The summed E-state index contributed by atoms with van der Waals surface area (Å²) in [5.41, 5.74) is 8.49. The average Bonchev–Trinajstić information content (AvgIpc) is 3.24. The second-order valence-electron chi connectivity index (χ2n) is 7.30. The molecule has 1 unspecified atom stereocenters. The molecule has 3 heterocycles. The van der Waals surface area contributed by atoms with Gasteiger partial charge in [0, 0.05) is 33.2 Å². The molecule has 0 saturated carbocycles. The number of anilines is 1. The summed E-state index contributed by atoms with van der Waals surface area (Å²) in [6.45, 7) is 4.03. The molecule has 1 saturated heterocycles. The van der Waals surface area contributed by atoms with E-state index in [0.29, 0.717) is 30.2 Å². The largest absolute Gasteiger partial charge is 0.341 e. The van der Waals surface area contributed by atoms with Crippen LogP contribution >= 0.6 is 0 Å². The van der Waals surface area contributed by atoms with Gasteiger partial charge in [-0.2, -0.15) is 4.98 Å². The number of fused-ring (bicyclic) bond motifs is 1. The molecular formula is C19H24N6O2. The molecular weight excluding hydrogens is 344 g/mol. The van der Waals surface area contributed by atoms with Crippen LogP contribution in [0.25, 0.3) is 11.2 Å². The Hall–Kier alpha value is -2.87. The van der Waals surface area contributed by atoms with Gasteiger partial charge < -0.3 is 10.6 Å².